The molecule has 0 bridgehead atoms. The van der Waals surface area contributed by atoms with Crippen LogP contribution in [0.2, 0.25) is 0 Å². The van der Waals surface area contributed by atoms with Gasteiger partial charge in [0, 0.05) is 12.6 Å². The second-order valence-corrected chi connectivity index (χ2v) is 6.02. The molecular formula is C16H15NO3. The molecule has 4 nitrogen and oxygen atoms in total. The first-order valence-electron chi connectivity index (χ1n) is 7.25. The first-order chi connectivity index (χ1) is 9.79. The van der Waals surface area contributed by atoms with Crippen LogP contribution in [-0.2, 0) is 16.9 Å². The number of amides is 1. The topological polar surface area (TPSA) is 38.8 Å². The molecule has 1 aromatic carbocycles. The molecule has 0 saturated heterocycles. The first-order valence-corrected chi connectivity index (χ1v) is 7.25. The minimum atomic E-state index is -0.175. The van der Waals surface area contributed by atoms with Crippen molar-refractivity contribution in [1.29, 1.82) is 0 Å². The van der Waals surface area contributed by atoms with E-state index in [-0.39, 0.29) is 11.4 Å². The van der Waals surface area contributed by atoms with Gasteiger partial charge in [0.2, 0.25) is 12.7 Å². The van der Waals surface area contributed by atoms with E-state index in [9.17, 15) is 4.79 Å². The summed E-state index contributed by atoms with van der Waals surface area (Å²) in [5.41, 5.74) is 3.60. The fourth-order valence-electron chi connectivity index (χ4n) is 4.31. The normalized spacial score (nSPS) is 29.1. The number of hydrogen-bond acceptors (Lipinski definition) is 3. The predicted molar refractivity (Wildman–Crippen MR) is 71.3 cm³/mol. The van der Waals surface area contributed by atoms with Gasteiger partial charge in [-0.2, -0.15) is 0 Å². The Morgan fingerprint density at radius 1 is 1.15 bits per heavy atom. The van der Waals surface area contributed by atoms with Crippen LogP contribution < -0.4 is 9.47 Å². The molecule has 1 unspecified atom stereocenters. The van der Waals surface area contributed by atoms with E-state index in [1.54, 1.807) is 0 Å². The van der Waals surface area contributed by atoms with Gasteiger partial charge in [-0.05, 0) is 48.1 Å². The second kappa shape index (κ2) is 3.37. The Balaban J connectivity index is 1.75. The van der Waals surface area contributed by atoms with E-state index in [4.69, 9.17) is 9.47 Å². The van der Waals surface area contributed by atoms with Gasteiger partial charge in [0.15, 0.2) is 11.5 Å². The number of ether oxygens (including phenoxy) is 2. The molecule has 1 atom stereocenters. The summed E-state index contributed by atoms with van der Waals surface area (Å²) in [4.78, 5) is 14.4. The number of carbonyl (C=O) groups excluding carboxylic acids is 1. The highest BCUT2D eigenvalue weighted by Gasteiger charge is 2.54. The Morgan fingerprint density at radius 2 is 2.00 bits per heavy atom. The van der Waals surface area contributed by atoms with Crippen LogP contribution in [0.15, 0.2) is 23.8 Å². The van der Waals surface area contributed by atoms with Crippen LogP contribution in [0.3, 0.4) is 0 Å². The molecule has 102 valence electrons. The van der Waals surface area contributed by atoms with Crippen LogP contribution in [0.1, 0.15) is 36.8 Å². The molecule has 0 radical (unpaired) electrons. The highest BCUT2D eigenvalue weighted by molar-refractivity contribution is 5.94. The number of fused-ring (bicyclic) bond motifs is 2. The third-order valence-electron chi connectivity index (χ3n) is 5.16. The maximum absolute atomic E-state index is 12.3. The van der Waals surface area contributed by atoms with E-state index in [1.807, 2.05) is 11.0 Å². The van der Waals surface area contributed by atoms with E-state index < -0.39 is 0 Å². The van der Waals surface area contributed by atoms with E-state index in [0.29, 0.717) is 13.3 Å². The van der Waals surface area contributed by atoms with Crippen LogP contribution in [0.5, 0.6) is 11.5 Å². The molecule has 1 fully saturated rings. The molecule has 1 spiro atoms. The lowest BCUT2D eigenvalue weighted by atomic mass is 9.74. The number of carbonyl (C=O) groups is 1. The minimum absolute atomic E-state index is 0.167. The number of benzene rings is 1. The van der Waals surface area contributed by atoms with Crippen molar-refractivity contribution < 1.29 is 14.3 Å². The molecule has 4 aliphatic rings. The molecule has 5 rings (SSSR count). The summed E-state index contributed by atoms with van der Waals surface area (Å²) in [5, 5.41) is 0. The summed E-state index contributed by atoms with van der Waals surface area (Å²) in [6, 6.07) is 4.17. The molecule has 1 aliphatic carbocycles. The average Bonchev–Trinajstić information content (AvgIpc) is 3.09. The van der Waals surface area contributed by atoms with Crippen LogP contribution in [0.4, 0.5) is 0 Å². The third kappa shape index (κ3) is 1.08. The summed E-state index contributed by atoms with van der Waals surface area (Å²) in [7, 11) is 0. The van der Waals surface area contributed by atoms with E-state index >= 15 is 0 Å². The maximum atomic E-state index is 12.3. The van der Waals surface area contributed by atoms with Crippen molar-refractivity contribution in [2.24, 2.45) is 0 Å². The molecule has 1 amide bonds. The standard InChI is InChI=1S/C16H15NO3/c18-15-6-11-3-1-2-4-16(11)12-7-14-13(19-9-20-14)5-10(12)8-17(15)16/h5-7H,1-4,8-9H2. The number of nitrogens with zero attached hydrogens (tertiary/aromatic N) is 1. The maximum Gasteiger partial charge on any atom is 0.247 e. The summed E-state index contributed by atoms with van der Waals surface area (Å²) in [5.74, 6) is 1.81. The van der Waals surface area contributed by atoms with Gasteiger partial charge in [-0.3, -0.25) is 4.79 Å². The SMILES string of the molecule is O=C1C=C2CCCCC23c2cc4c(cc2CN13)OCO4. The molecule has 20 heavy (non-hydrogen) atoms. The van der Waals surface area contributed by atoms with Crippen LogP contribution in [0.25, 0.3) is 0 Å². The molecule has 3 aliphatic heterocycles. The molecule has 0 aromatic heterocycles. The van der Waals surface area contributed by atoms with Crippen molar-refractivity contribution in [2.75, 3.05) is 6.79 Å². The Hall–Kier alpha value is -1.97. The van der Waals surface area contributed by atoms with Crippen molar-refractivity contribution in [2.45, 2.75) is 37.8 Å². The summed E-state index contributed by atoms with van der Waals surface area (Å²) >= 11 is 0. The van der Waals surface area contributed by atoms with Gasteiger partial charge >= 0.3 is 0 Å². The van der Waals surface area contributed by atoms with Crippen molar-refractivity contribution in [3.05, 3.63) is 34.9 Å². The quantitative estimate of drug-likeness (QED) is 0.726. The molecule has 4 heteroatoms. The van der Waals surface area contributed by atoms with Gasteiger partial charge < -0.3 is 14.4 Å². The lowest BCUT2D eigenvalue weighted by molar-refractivity contribution is -0.129. The highest BCUT2D eigenvalue weighted by Crippen LogP contribution is 2.56. The van der Waals surface area contributed by atoms with Gasteiger partial charge in [-0.15, -0.1) is 0 Å². The van der Waals surface area contributed by atoms with Crippen LogP contribution >= 0.6 is 0 Å². The molecular weight excluding hydrogens is 254 g/mol. The van der Waals surface area contributed by atoms with Gasteiger partial charge in [-0.1, -0.05) is 6.42 Å². The zero-order valence-electron chi connectivity index (χ0n) is 11.1. The van der Waals surface area contributed by atoms with Gasteiger partial charge in [0.25, 0.3) is 0 Å². The number of hydrogen-bond donors (Lipinski definition) is 0. The Labute approximate surface area is 117 Å². The smallest absolute Gasteiger partial charge is 0.247 e. The fourth-order valence-corrected chi connectivity index (χ4v) is 4.31. The van der Waals surface area contributed by atoms with Crippen LogP contribution in [0, 0.1) is 0 Å². The fraction of sp³-hybridized carbons (Fsp3) is 0.438. The highest BCUT2D eigenvalue weighted by atomic mass is 16.7. The number of rotatable bonds is 0. The second-order valence-electron chi connectivity index (χ2n) is 6.02. The van der Waals surface area contributed by atoms with E-state index in [2.05, 4.69) is 12.1 Å². The summed E-state index contributed by atoms with van der Waals surface area (Å²) in [6.07, 6.45) is 6.31. The van der Waals surface area contributed by atoms with Crippen molar-refractivity contribution in [3.8, 4) is 11.5 Å². The van der Waals surface area contributed by atoms with E-state index in [1.165, 1.54) is 29.5 Å². The van der Waals surface area contributed by atoms with Gasteiger partial charge in [0.1, 0.15) is 0 Å². The van der Waals surface area contributed by atoms with Crippen LogP contribution in [-0.4, -0.2) is 17.6 Å². The zero-order valence-corrected chi connectivity index (χ0v) is 11.1. The first kappa shape index (κ1) is 10.8. The molecule has 1 aromatic rings. The average molecular weight is 269 g/mol. The lowest BCUT2D eigenvalue weighted by Gasteiger charge is -2.39. The van der Waals surface area contributed by atoms with E-state index in [0.717, 1.165) is 24.3 Å². The Kier molecular flexibility index (Phi) is 1.82. The van der Waals surface area contributed by atoms with Gasteiger partial charge in [-0.25, -0.2) is 0 Å². The zero-order chi connectivity index (χ0) is 13.3. The predicted octanol–water partition coefficient (Wildman–Crippen LogP) is 2.47. The molecule has 0 N–H and O–H groups in total. The Morgan fingerprint density at radius 3 is 2.90 bits per heavy atom. The summed E-state index contributed by atoms with van der Waals surface area (Å²) < 4.78 is 11.0. The van der Waals surface area contributed by atoms with Crippen molar-refractivity contribution >= 4 is 5.91 Å². The molecule has 3 heterocycles. The third-order valence-corrected chi connectivity index (χ3v) is 5.16. The van der Waals surface area contributed by atoms with Gasteiger partial charge in [0.05, 0.1) is 5.54 Å². The van der Waals surface area contributed by atoms with Crippen molar-refractivity contribution in [1.82, 2.24) is 4.90 Å². The minimum Gasteiger partial charge on any atom is -0.454 e. The van der Waals surface area contributed by atoms with Crippen molar-refractivity contribution in [3.63, 3.8) is 0 Å². The lowest BCUT2D eigenvalue weighted by Crippen LogP contribution is -2.41. The monoisotopic (exact) mass is 269 g/mol. The molecule has 1 saturated carbocycles. The Bertz CT molecular complexity index is 679. The summed E-state index contributed by atoms with van der Waals surface area (Å²) in [6.45, 7) is 1.00. The largest absolute Gasteiger partial charge is 0.454 e.